The lowest BCUT2D eigenvalue weighted by Gasteiger charge is -2.18. The van der Waals surface area contributed by atoms with Crippen molar-refractivity contribution >= 4 is 32.9 Å². The van der Waals surface area contributed by atoms with Crippen molar-refractivity contribution in [3.63, 3.8) is 0 Å². The molecule has 1 aliphatic heterocycles. The number of alkyl halides is 3. The molecule has 6 nitrogen and oxygen atoms in total. The van der Waals surface area contributed by atoms with E-state index in [1.165, 1.54) is 61.1 Å². The van der Waals surface area contributed by atoms with E-state index < -0.39 is 21.8 Å². The fourth-order valence-electron chi connectivity index (χ4n) is 2.86. The van der Waals surface area contributed by atoms with E-state index in [1.807, 2.05) is 0 Å². The number of hydrogen-bond acceptors (Lipinski definition) is 5. The maximum absolute atomic E-state index is 12.9. The molecule has 1 aliphatic rings. The second-order valence-electron chi connectivity index (χ2n) is 6.92. The summed E-state index contributed by atoms with van der Waals surface area (Å²) in [5.74, 6) is -0.117. The molecule has 0 atom stereocenters. The Kier molecular flexibility index (Phi) is 6.77. The zero-order chi connectivity index (χ0) is 22.8. The number of aliphatic imine (C=N–C) groups is 1. The van der Waals surface area contributed by atoms with Crippen LogP contribution in [0.2, 0.25) is 0 Å². The van der Waals surface area contributed by atoms with E-state index in [4.69, 9.17) is 0 Å². The molecule has 0 saturated carbocycles. The minimum absolute atomic E-state index is 0.0725. The first-order valence-electron chi connectivity index (χ1n) is 9.18. The monoisotopic (exact) mass is 471 g/mol. The summed E-state index contributed by atoms with van der Waals surface area (Å²) in [7, 11) is -0.763. The number of carbonyl (C=O) groups excluding carboxylic acids is 1. The van der Waals surface area contributed by atoms with Crippen LogP contribution in [0.25, 0.3) is 0 Å². The molecule has 166 valence electrons. The number of rotatable bonds is 5. The molecule has 0 N–H and O–H groups in total. The number of benzene rings is 2. The van der Waals surface area contributed by atoms with Crippen LogP contribution in [-0.4, -0.2) is 55.9 Å². The Morgan fingerprint density at radius 1 is 1.16 bits per heavy atom. The topological polar surface area (TPSA) is 70.1 Å². The Balaban J connectivity index is 1.70. The zero-order valence-electron chi connectivity index (χ0n) is 16.8. The quantitative estimate of drug-likeness (QED) is 0.667. The maximum Gasteiger partial charge on any atom is 0.416 e. The third-order valence-corrected chi connectivity index (χ3v) is 7.46. The molecule has 0 spiro atoms. The molecule has 0 radical (unpaired) electrons. The van der Waals surface area contributed by atoms with Gasteiger partial charge in [0.1, 0.15) is 0 Å². The highest BCUT2D eigenvalue weighted by Gasteiger charge is 2.31. The van der Waals surface area contributed by atoms with Crippen LogP contribution in [0.4, 0.5) is 13.2 Å². The lowest BCUT2D eigenvalue weighted by Crippen LogP contribution is -2.33. The first kappa shape index (κ1) is 23.3. The van der Waals surface area contributed by atoms with E-state index in [9.17, 15) is 26.4 Å². The van der Waals surface area contributed by atoms with Crippen LogP contribution >= 0.6 is 11.8 Å². The highest BCUT2D eigenvalue weighted by molar-refractivity contribution is 8.13. The second-order valence-corrected chi connectivity index (χ2v) is 10.0. The van der Waals surface area contributed by atoms with E-state index >= 15 is 0 Å². The molecule has 2 aromatic carbocycles. The Hall–Kier alpha value is -2.37. The smallest absolute Gasteiger partial charge is 0.286 e. The van der Waals surface area contributed by atoms with E-state index in [1.54, 1.807) is 6.07 Å². The van der Waals surface area contributed by atoms with Crippen molar-refractivity contribution in [1.29, 1.82) is 0 Å². The number of amides is 1. The Bertz CT molecular complexity index is 1100. The SMILES string of the molecule is CN(C)S(=O)(=O)c1ccc(C(=O)N2CCN=C2SCc2cccc(C(F)(F)F)c2)cc1. The van der Waals surface area contributed by atoms with Crippen molar-refractivity contribution in [2.75, 3.05) is 27.2 Å². The normalized spacial score (nSPS) is 14.8. The molecule has 0 fully saturated rings. The fourth-order valence-corrected chi connectivity index (χ4v) is 4.75. The fraction of sp³-hybridized carbons (Fsp3) is 0.300. The summed E-state index contributed by atoms with van der Waals surface area (Å²) in [6.07, 6.45) is -4.42. The van der Waals surface area contributed by atoms with Crippen LogP contribution < -0.4 is 0 Å². The summed E-state index contributed by atoms with van der Waals surface area (Å²) >= 11 is 1.18. The highest BCUT2D eigenvalue weighted by Crippen LogP contribution is 2.31. The van der Waals surface area contributed by atoms with Gasteiger partial charge in [0.15, 0.2) is 5.17 Å². The van der Waals surface area contributed by atoms with Gasteiger partial charge in [-0.05, 0) is 35.9 Å². The first-order valence-corrected chi connectivity index (χ1v) is 11.6. The Morgan fingerprint density at radius 3 is 2.45 bits per heavy atom. The third kappa shape index (κ3) is 5.28. The molecule has 1 amide bonds. The molecule has 2 aromatic rings. The van der Waals surface area contributed by atoms with Gasteiger partial charge in [0.05, 0.1) is 17.0 Å². The lowest BCUT2D eigenvalue weighted by atomic mass is 10.1. The highest BCUT2D eigenvalue weighted by atomic mass is 32.2. The summed E-state index contributed by atoms with van der Waals surface area (Å²) in [5, 5.41) is 0.424. The largest absolute Gasteiger partial charge is 0.416 e. The summed E-state index contributed by atoms with van der Waals surface area (Å²) in [6, 6.07) is 10.6. The molecular formula is C20H20F3N3O3S2. The van der Waals surface area contributed by atoms with Gasteiger partial charge >= 0.3 is 6.18 Å². The van der Waals surface area contributed by atoms with Gasteiger partial charge in [-0.2, -0.15) is 13.2 Å². The van der Waals surface area contributed by atoms with Crippen molar-refractivity contribution in [3.8, 4) is 0 Å². The van der Waals surface area contributed by atoms with Gasteiger partial charge in [0, 0.05) is 32.0 Å². The number of hydrogen-bond donors (Lipinski definition) is 0. The van der Waals surface area contributed by atoms with Gasteiger partial charge in [-0.3, -0.25) is 14.7 Å². The lowest BCUT2D eigenvalue weighted by molar-refractivity contribution is -0.137. The van der Waals surface area contributed by atoms with Gasteiger partial charge in [-0.1, -0.05) is 30.0 Å². The number of carbonyl (C=O) groups is 1. The Morgan fingerprint density at radius 2 is 1.84 bits per heavy atom. The predicted molar refractivity (Wildman–Crippen MR) is 113 cm³/mol. The maximum atomic E-state index is 12.9. The molecule has 3 rings (SSSR count). The van der Waals surface area contributed by atoms with Crippen molar-refractivity contribution in [3.05, 3.63) is 65.2 Å². The minimum atomic E-state index is -4.42. The molecule has 1 heterocycles. The number of sulfonamides is 1. The van der Waals surface area contributed by atoms with E-state index in [0.29, 0.717) is 29.4 Å². The number of amidine groups is 1. The summed E-state index contributed by atoms with van der Waals surface area (Å²) in [4.78, 5) is 18.7. The number of thioether (sulfide) groups is 1. The molecule has 31 heavy (non-hydrogen) atoms. The molecule has 0 bridgehead atoms. The Labute approximate surface area is 182 Å². The van der Waals surface area contributed by atoms with E-state index in [0.717, 1.165) is 16.4 Å². The summed E-state index contributed by atoms with van der Waals surface area (Å²) in [6.45, 7) is 0.741. The van der Waals surface area contributed by atoms with Crippen LogP contribution in [0.1, 0.15) is 21.5 Å². The van der Waals surface area contributed by atoms with Crippen LogP contribution in [0, 0.1) is 0 Å². The average molecular weight is 472 g/mol. The second kappa shape index (κ2) is 9.01. The molecule has 0 saturated heterocycles. The van der Waals surface area contributed by atoms with Gasteiger partial charge < -0.3 is 0 Å². The molecular weight excluding hydrogens is 451 g/mol. The summed E-state index contributed by atoms with van der Waals surface area (Å²) in [5.41, 5.74) is 0.0479. The van der Waals surface area contributed by atoms with Crippen molar-refractivity contribution in [2.45, 2.75) is 16.8 Å². The third-order valence-electron chi connectivity index (χ3n) is 4.55. The van der Waals surface area contributed by atoms with Gasteiger partial charge in [-0.15, -0.1) is 0 Å². The van der Waals surface area contributed by atoms with Crippen LogP contribution in [0.3, 0.4) is 0 Å². The average Bonchev–Trinajstić information content (AvgIpc) is 3.20. The van der Waals surface area contributed by atoms with E-state index in [-0.39, 0.29) is 16.6 Å². The van der Waals surface area contributed by atoms with Crippen molar-refractivity contribution < 1.29 is 26.4 Å². The van der Waals surface area contributed by atoms with Crippen LogP contribution in [0.5, 0.6) is 0 Å². The zero-order valence-corrected chi connectivity index (χ0v) is 18.4. The molecule has 0 aromatic heterocycles. The van der Waals surface area contributed by atoms with Gasteiger partial charge in [0.25, 0.3) is 5.91 Å². The van der Waals surface area contributed by atoms with Crippen molar-refractivity contribution in [2.24, 2.45) is 4.99 Å². The van der Waals surface area contributed by atoms with Gasteiger partial charge in [-0.25, -0.2) is 12.7 Å². The van der Waals surface area contributed by atoms with Gasteiger partial charge in [0.2, 0.25) is 10.0 Å². The molecule has 11 heteroatoms. The molecule has 0 aliphatic carbocycles. The number of halogens is 3. The first-order chi connectivity index (χ1) is 14.5. The minimum Gasteiger partial charge on any atom is -0.286 e. The van der Waals surface area contributed by atoms with Crippen molar-refractivity contribution in [1.82, 2.24) is 9.21 Å². The van der Waals surface area contributed by atoms with Crippen LogP contribution in [0.15, 0.2) is 58.4 Å². The molecule has 0 unspecified atom stereocenters. The van der Waals surface area contributed by atoms with E-state index in [2.05, 4.69) is 4.99 Å². The summed E-state index contributed by atoms with van der Waals surface area (Å²) < 4.78 is 64.1. The number of nitrogens with zero attached hydrogens (tertiary/aromatic N) is 3. The van der Waals surface area contributed by atoms with Crippen LogP contribution in [-0.2, 0) is 22.0 Å². The standard InChI is InChI=1S/C20H20F3N3O3S2/c1-25(2)31(28,29)17-8-6-15(7-9-17)18(27)26-11-10-24-19(26)30-13-14-4-3-5-16(12-14)20(21,22)23/h3-9,12H,10-11,13H2,1-2H3. The predicted octanol–water partition coefficient (Wildman–Crippen LogP) is 3.70.